The smallest absolute Gasteiger partial charge is 0.0556 e. The maximum atomic E-state index is 5.16. The molecule has 0 aliphatic heterocycles. The van der Waals surface area contributed by atoms with E-state index in [4.69, 9.17) is 4.74 Å². The van der Waals surface area contributed by atoms with Gasteiger partial charge in [0.2, 0.25) is 0 Å². The Kier molecular flexibility index (Phi) is 15.4. The number of thioether (sulfide) groups is 1. The van der Waals surface area contributed by atoms with Crippen LogP contribution in [-0.4, -0.2) is 24.7 Å². The first-order valence-corrected chi connectivity index (χ1v) is 9.98. The van der Waals surface area contributed by atoms with Gasteiger partial charge < -0.3 is 4.74 Å². The molecule has 0 aliphatic rings. The first kappa shape index (κ1) is 20.0. The third-order valence-corrected chi connectivity index (χ3v) is 4.99. The van der Waals surface area contributed by atoms with Crippen molar-refractivity contribution < 1.29 is 4.74 Å². The lowest BCUT2D eigenvalue weighted by atomic mass is 10.2. The molecule has 1 aromatic rings. The third kappa shape index (κ3) is 11.8. The Morgan fingerprint density at radius 2 is 1.50 bits per heavy atom. The van der Waals surface area contributed by atoms with E-state index in [1.54, 1.807) is 9.75 Å². The molecule has 0 saturated heterocycles. The second-order valence-corrected chi connectivity index (χ2v) is 7.15. The molecule has 0 N–H and O–H groups in total. The zero-order chi connectivity index (χ0) is 15.1. The average Bonchev–Trinajstić information content (AvgIpc) is 2.88. The van der Waals surface area contributed by atoms with Crippen LogP contribution in [0.2, 0.25) is 0 Å². The van der Waals surface area contributed by atoms with Gasteiger partial charge in [-0.05, 0) is 44.1 Å². The van der Waals surface area contributed by atoms with Crippen molar-refractivity contribution in [2.24, 2.45) is 0 Å². The second kappa shape index (κ2) is 15.4. The summed E-state index contributed by atoms with van der Waals surface area (Å²) >= 11 is 3.95. The molecule has 0 radical (unpaired) electrons. The Balaban J connectivity index is 0.000000370. The van der Waals surface area contributed by atoms with Crippen LogP contribution >= 0.6 is 23.1 Å². The molecule has 1 aromatic heterocycles. The van der Waals surface area contributed by atoms with Crippen molar-refractivity contribution in [3.8, 4) is 0 Å². The van der Waals surface area contributed by atoms with Crippen molar-refractivity contribution in [2.75, 3.05) is 24.7 Å². The van der Waals surface area contributed by atoms with Crippen LogP contribution in [0.1, 0.15) is 56.7 Å². The van der Waals surface area contributed by atoms with Gasteiger partial charge in [0.25, 0.3) is 0 Å². The lowest BCUT2D eigenvalue weighted by Gasteiger charge is -1.98. The molecule has 1 nitrogen and oxygen atoms in total. The van der Waals surface area contributed by atoms with Gasteiger partial charge in [-0.2, -0.15) is 11.8 Å². The molecule has 20 heavy (non-hydrogen) atoms. The fraction of sp³-hybridized carbons (Fsp3) is 0.765. The fourth-order valence-electron chi connectivity index (χ4n) is 1.69. The van der Waals surface area contributed by atoms with Gasteiger partial charge in [-0.25, -0.2) is 0 Å². The molecule has 0 unspecified atom stereocenters. The molecule has 0 bridgehead atoms. The lowest BCUT2D eigenvalue weighted by Crippen LogP contribution is -1.96. The summed E-state index contributed by atoms with van der Waals surface area (Å²) < 4.78 is 5.16. The van der Waals surface area contributed by atoms with Gasteiger partial charge in [-0.15, -0.1) is 11.3 Å². The van der Waals surface area contributed by atoms with E-state index in [1.165, 1.54) is 37.9 Å². The fourth-order valence-corrected chi connectivity index (χ4v) is 3.64. The van der Waals surface area contributed by atoms with Crippen molar-refractivity contribution >= 4 is 23.1 Å². The van der Waals surface area contributed by atoms with Crippen molar-refractivity contribution in [1.82, 2.24) is 0 Å². The van der Waals surface area contributed by atoms with Gasteiger partial charge in [-0.1, -0.05) is 33.6 Å². The van der Waals surface area contributed by atoms with Gasteiger partial charge >= 0.3 is 0 Å². The van der Waals surface area contributed by atoms with E-state index in [9.17, 15) is 0 Å². The molecule has 3 heteroatoms. The Labute approximate surface area is 134 Å². The Morgan fingerprint density at radius 3 is 1.95 bits per heavy atom. The molecular weight excluding hydrogens is 284 g/mol. The Morgan fingerprint density at radius 1 is 0.900 bits per heavy atom. The van der Waals surface area contributed by atoms with Gasteiger partial charge in [0, 0.05) is 22.1 Å². The molecular formula is C17H32OS2. The zero-order valence-corrected chi connectivity index (χ0v) is 15.4. The summed E-state index contributed by atoms with van der Waals surface area (Å²) in [7, 11) is 0. The normalized spacial score (nSPS) is 10.2. The van der Waals surface area contributed by atoms with Crippen LogP contribution < -0.4 is 0 Å². The van der Waals surface area contributed by atoms with Crippen molar-refractivity contribution in [1.29, 1.82) is 0 Å². The van der Waals surface area contributed by atoms with E-state index < -0.39 is 0 Å². The summed E-state index contributed by atoms with van der Waals surface area (Å²) in [5.41, 5.74) is 0. The van der Waals surface area contributed by atoms with Crippen LogP contribution in [0.15, 0.2) is 12.1 Å². The number of aryl methyl sites for hydroxylation is 2. The molecule has 0 spiro atoms. The van der Waals surface area contributed by atoms with Crippen LogP contribution in [0.25, 0.3) is 0 Å². The Hall–Kier alpha value is 0.01000. The van der Waals surface area contributed by atoms with Crippen molar-refractivity contribution in [3.63, 3.8) is 0 Å². The minimum Gasteiger partial charge on any atom is -0.381 e. The predicted octanol–water partition coefficient (Wildman–Crippen LogP) is 5.82. The number of ether oxygens (including phenoxy) is 1. The highest BCUT2D eigenvalue weighted by atomic mass is 32.2. The number of rotatable bonds is 10. The van der Waals surface area contributed by atoms with E-state index >= 15 is 0 Å². The molecule has 0 fully saturated rings. The Bertz CT molecular complexity index is 270. The van der Waals surface area contributed by atoms with Crippen LogP contribution in [0.3, 0.4) is 0 Å². The minimum atomic E-state index is 0.854. The molecule has 0 atom stereocenters. The summed E-state index contributed by atoms with van der Waals surface area (Å²) in [4.78, 5) is 3.10. The number of hydrogen-bond acceptors (Lipinski definition) is 3. The van der Waals surface area contributed by atoms with E-state index in [0.717, 1.165) is 19.0 Å². The highest BCUT2D eigenvalue weighted by molar-refractivity contribution is 7.99. The lowest BCUT2D eigenvalue weighted by molar-refractivity contribution is 0.164. The van der Waals surface area contributed by atoms with Crippen LogP contribution in [0.5, 0.6) is 0 Å². The highest BCUT2D eigenvalue weighted by Gasteiger charge is 1.97. The first-order valence-electron chi connectivity index (χ1n) is 8.01. The second-order valence-electron chi connectivity index (χ2n) is 4.68. The largest absolute Gasteiger partial charge is 0.381 e. The third-order valence-electron chi connectivity index (χ3n) is 2.63. The highest BCUT2D eigenvalue weighted by Crippen LogP contribution is 2.19. The van der Waals surface area contributed by atoms with Gasteiger partial charge in [0.05, 0.1) is 6.61 Å². The van der Waals surface area contributed by atoms with E-state index in [-0.39, 0.29) is 0 Å². The van der Waals surface area contributed by atoms with Crippen LogP contribution in [-0.2, 0) is 17.6 Å². The maximum Gasteiger partial charge on any atom is 0.0556 e. The van der Waals surface area contributed by atoms with Gasteiger partial charge in [-0.3, -0.25) is 0 Å². The van der Waals surface area contributed by atoms with Gasteiger partial charge in [0.15, 0.2) is 0 Å². The molecule has 0 aliphatic carbocycles. The van der Waals surface area contributed by atoms with E-state index in [0.29, 0.717) is 0 Å². The number of hydrogen-bond donors (Lipinski definition) is 0. The average molecular weight is 317 g/mol. The topological polar surface area (TPSA) is 9.23 Å². The zero-order valence-electron chi connectivity index (χ0n) is 13.7. The summed E-state index contributed by atoms with van der Waals surface area (Å²) in [5.74, 6) is 2.43. The summed E-state index contributed by atoms with van der Waals surface area (Å²) in [6, 6.07) is 4.55. The molecule has 1 heterocycles. The number of thiophene rings is 1. The quantitative estimate of drug-likeness (QED) is 0.503. The summed E-state index contributed by atoms with van der Waals surface area (Å²) in [5, 5.41) is 0. The molecule has 118 valence electrons. The first-order chi connectivity index (χ1) is 9.78. The molecule has 0 amide bonds. The molecule has 1 rings (SSSR count). The molecule has 0 saturated carbocycles. The van der Waals surface area contributed by atoms with E-state index in [2.05, 4.69) is 32.9 Å². The van der Waals surface area contributed by atoms with Crippen molar-refractivity contribution in [3.05, 3.63) is 21.9 Å². The maximum absolute atomic E-state index is 5.16. The standard InChI is InChI=1S/C10H16S.C7H16OS/c1-3-5-9-7-8-10(11-9)6-4-2;1-3-6-9-7-5-8-4-2/h7-8H,3-6H2,1-2H3;3-7H2,1-2H3. The van der Waals surface area contributed by atoms with E-state index in [1.807, 2.05) is 30.0 Å². The summed E-state index contributed by atoms with van der Waals surface area (Å²) in [6.45, 7) is 10.5. The SMILES string of the molecule is CCCSCCOCC.CCCc1ccc(CCC)s1. The van der Waals surface area contributed by atoms with Crippen molar-refractivity contribution in [2.45, 2.75) is 59.8 Å². The molecule has 0 aromatic carbocycles. The predicted molar refractivity (Wildman–Crippen MR) is 96.4 cm³/mol. The van der Waals surface area contributed by atoms with Crippen LogP contribution in [0.4, 0.5) is 0 Å². The van der Waals surface area contributed by atoms with Gasteiger partial charge in [0.1, 0.15) is 0 Å². The monoisotopic (exact) mass is 316 g/mol. The summed E-state index contributed by atoms with van der Waals surface area (Å²) in [6.07, 6.45) is 6.33. The minimum absolute atomic E-state index is 0.854. The van der Waals surface area contributed by atoms with Crippen LogP contribution in [0, 0.1) is 0 Å².